The molecule has 0 saturated heterocycles. The quantitative estimate of drug-likeness (QED) is 0.813. The SMILES string of the molecule is Cc1c(N)cc(C(=O)Nc2cccc(Br)c2C)cc1F. The summed E-state index contributed by atoms with van der Waals surface area (Å²) >= 11 is 3.39. The molecule has 0 fully saturated rings. The number of carbonyl (C=O) groups is 1. The fourth-order valence-corrected chi connectivity index (χ4v) is 2.13. The molecule has 0 radical (unpaired) electrons. The minimum absolute atomic E-state index is 0.199. The molecule has 0 aliphatic rings. The van der Waals surface area contributed by atoms with E-state index in [4.69, 9.17) is 5.73 Å². The van der Waals surface area contributed by atoms with Gasteiger partial charge in [-0.2, -0.15) is 0 Å². The van der Waals surface area contributed by atoms with Gasteiger partial charge in [0.15, 0.2) is 0 Å². The number of nitrogen functional groups attached to an aromatic ring is 1. The van der Waals surface area contributed by atoms with Crippen LogP contribution in [0, 0.1) is 19.7 Å². The fourth-order valence-electron chi connectivity index (χ4n) is 1.77. The van der Waals surface area contributed by atoms with Crippen LogP contribution in [0.4, 0.5) is 15.8 Å². The average Bonchev–Trinajstić information content (AvgIpc) is 2.40. The highest BCUT2D eigenvalue weighted by Crippen LogP contribution is 2.24. The summed E-state index contributed by atoms with van der Waals surface area (Å²) in [5.41, 5.74) is 8.06. The predicted octanol–water partition coefficient (Wildman–Crippen LogP) is 4.04. The van der Waals surface area contributed by atoms with Gasteiger partial charge in [-0.1, -0.05) is 22.0 Å². The molecule has 2 rings (SSSR count). The highest BCUT2D eigenvalue weighted by molar-refractivity contribution is 9.10. The molecular weight excluding hydrogens is 323 g/mol. The van der Waals surface area contributed by atoms with Crippen molar-refractivity contribution in [2.75, 3.05) is 11.1 Å². The number of hydrogen-bond donors (Lipinski definition) is 2. The lowest BCUT2D eigenvalue weighted by Gasteiger charge is -2.11. The maximum Gasteiger partial charge on any atom is 0.255 e. The lowest BCUT2D eigenvalue weighted by Crippen LogP contribution is -2.14. The van der Waals surface area contributed by atoms with Crippen molar-refractivity contribution < 1.29 is 9.18 Å². The molecule has 20 heavy (non-hydrogen) atoms. The van der Waals surface area contributed by atoms with Crippen molar-refractivity contribution in [3.05, 3.63) is 57.3 Å². The Labute approximate surface area is 125 Å². The van der Waals surface area contributed by atoms with Gasteiger partial charge in [0.05, 0.1) is 0 Å². The number of amides is 1. The second-order valence-electron chi connectivity index (χ2n) is 4.54. The van der Waals surface area contributed by atoms with E-state index in [1.807, 2.05) is 19.1 Å². The first kappa shape index (κ1) is 14.5. The predicted molar refractivity (Wildman–Crippen MR) is 82.4 cm³/mol. The fraction of sp³-hybridized carbons (Fsp3) is 0.133. The van der Waals surface area contributed by atoms with E-state index in [-0.39, 0.29) is 11.3 Å². The van der Waals surface area contributed by atoms with Crippen molar-refractivity contribution in [2.24, 2.45) is 0 Å². The summed E-state index contributed by atoms with van der Waals surface area (Å²) in [6, 6.07) is 8.15. The van der Waals surface area contributed by atoms with E-state index in [0.29, 0.717) is 11.3 Å². The van der Waals surface area contributed by atoms with Gasteiger partial charge in [-0.05, 0) is 43.7 Å². The van der Waals surface area contributed by atoms with Crippen LogP contribution in [-0.2, 0) is 0 Å². The second kappa shape index (κ2) is 5.63. The Bertz CT molecular complexity index is 663. The molecule has 0 atom stereocenters. The van der Waals surface area contributed by atoms with Gasteiger partial charge in [-0.25, -0.2) is 4.39 Å². The number of rotatable bonds is 2. The lowest BCUT2D eigenvalue weighted by atomic mass is 10.1. The zero-order valence-electron chi connectivity index (χ0n) is 11.1. The van der Waals surface area contributed by atoms with Gasteiger partial charge < -0.3 is 11.1 Å². The van der Waals surface area contributed by atoms with Crippen LogP contribution in [0.2, 0.25) is 0 Å². The average molecular weight is 337 g/mol. The molecule has 3 nitrogen and oxygen atoms in total. The molecule has 0 spiro atoms. The van der Waals surface area contributed by atoms with Gasteiger partial charge in [-0.15, -0.1) is 0 Å². The molecule has 104 valence electrons. The number of benzene rings is 2. The first-order valence-corrected chi connectivity index (χ1v) is 6.81. The van der Waals surface area contributed by atoms with E-state index >= 15 is 0 Å². The lowest BCUT2D eigenvalue weighted by molar-refractivity contribution is 0.102. The van der Waals surface area contributed by atoms with Crippen LogP contribution in [0.3, 0.4) is 0 Å². The smallest absolute Gasteiger partial charge is 0.255 e. The molecule has 5 heteroatoms. The van der Waals surface area contributed by atoms with Gasteiger partial charge in [0.2, 0.25) is 0 Å². The molecule has 0 aliphatic heterocycles. The molecule has 1 amide bonds. The number of carbonyl (C=O) groups excluding carboxylic acids is 1. The minimum Gasteiger partial charge on any atom is -0.398 e. The van der Waals surface area contributed by atoms with Crippen molar-refractivity contribution in [1.82, 2.24) is 0 Å². The zero-order chi connectivity index (χ0) is 14.9. The second-order valence-corrected chi connectivity index (χ2v) is 5.39. The third-order valence-corrected chi connectivity index (χ3v) is 4.02. The van der Waals surface area contributed by atoms with Crippen molar-refractivity contribution in [3.63, 3.8) is 0 Å². The number of halogens is 2. The Balaban J connectivity index is 2.31. The monoisotopic (exact) mass is 336 g/mol. The summed E-state index contributed by atoms with van der Waals surface area (Å²) < 4.78 is 14.5. The number of hydrogen-bond acceptors (Lipinski definition) is 2. The third kappa shape index (κ3) is 2.82. The van der Waals surface area contributed by atoms with Crippen molar-refractivity contribution in [2.45, 2.75) is 13.8 Å². The van der Waals surface area contributed by atoms with Crippen LogP contribution in [0.25, 0.3) is 0 Å². The molecule has 2 aromatic carbocycles. The van der Waals surface area contributed by atoms with Gasteiger partial charge >= 0.3 is 0 Å². The maximum atomic E-state index is 13.6. The molecule has 3 N–H and O–H groups in total. The standard InChI is InChI=1S/C15H14BrFN2O/c1-8-11(16)4-3-5-14(8)19-15(20)10-6-12(17)9(2)13(18)7-10/h3-7H,18H2,1-2H3,(H,19,20). The Kier molecular flexibility index (Phi) is 4.09. The van der Waals surface area contributed by atoms with Crippen LogP contribution in [0.5, 0.6) is 0 Å². The van der Waals surface area contributed by atoms with Crippen molar-refractivity contribution in [3.8, 4) is 0 Å². The summed E-state index contributed by atoms with van der Waals surface area (Å²) in [5, 5.41) is 2.75. The first-order valence-electron chi connectivity index (χ1n) is 6.02. The van der Waals surface area contributed by atoms with Crippen LogP contribution in [-0.4, -0.2) is 5.91 Å². The summed E-state index contributed by atoms with van der Waals surface area (Å²) in [7, 11) is 0. The van der Waals surface area contributed by atoms with Crippen molar-refractivity contribution in [1.29, 1.82) is 0 Å². The summed E-state index contributed by atoms with van der Waals surface area (Å²) in [6.07, 6.45) is 0. The Morgan fingerprint density at radius 2 is 1.95 bits per heavy atom. The van der Waals surface area contributed by atoms with Crippen LogP contribution >= 0.6 is 15.9 Å². The van der Waals surface area contributed by atoms with Gasteiger partial charge in [0, 0.05) is 27.0 Å². The Hall–Kier alpha value is -1.88. The summed E-state index contributed by atoms with van der Waals surface area (Å²) in [5.74, 6) is -0.877. The third-order valence-electron chi connectivity index (χ3n) is 3.16. The van der Waals surface area contributed by atoms with E-state index in [9.17, 15) is 9.18 Å². The van der Waals surface area contributed by atoms with Gasteiger partial charge in [0.25, 0.3) is 5.91 Å². The van der Waals surface area contributed by atoms with Crippen LogP contribution in [0.1, 0.15) is 21.5 Å². The number of anilines is 2. The number of nitrogens with two attached hydrogens (primary N) is 1. The normalized spacial score (nSPS) is 10.4. The summed E-state index contributed by atoms with van der Waals surface area (Å²) in [4.78, 5) is 12.1. The zero-order valence-corrected chi connectivity index (χ0v) is 12.7. The van der Waals surface area contributed by atoms with Crippen LogP contribution in [0.15, 0.2) is 34.8 Å². The molecule has 2 aromatic rings. The molecule has 0 bridgehead atoms. The topological polar surface area (TPSA) is 55.1 Å². The molecule has 0 aromatic heterocycles. The first-order chi connectivity index (χ1) is 9.40. The maximum absolute atomic E-state index is 13.6. The number of nitrogens with one attached hydrogen (secondary N) is 1. The van der Waals surface area contributed by atoms with Crippen molar-refractivity contribution >= 4 is 33.2 Å². The van der Waals surface area contributed by atoms with Gasteiger partial charge in [-0.3, -0.25) is 4.79 Å². The van der Waals surface area contributed by atoms with E-state index in [1.54, 1.807) is 13.0 Å². The largest absolute Gasteiger partial charge is 0.398 e. The van der Waals surface area contributed by atoms with Crippen LogP contribution < -0.4 is 11.1 Å². The highest BCUT2D eigenvalue weighted by atomic mass is 79.9. The summed E-state index contributed by atoms with van der Waals surface area (Å²) in [6.45, 7) is 3.45. The molecule has 0 unspecified atom stereocenters. The molecule has 0 saturated carbocycles. The minimum atomic E-state index is -0.485. The Morgan fingerprint density at radius 3 is 2.60 bits per heavy atom. The van der Waals surface area contributed by atoms with E-state index in [2.05, 4.69) is 21.2 Å². The molecular formula is C15H14BrFN2O. The van der Waals surface area contributed by atoms with E-state index in [1.165, 1.54) is 12.1 Å². The molecule has 0 aliphatic carbocycles. The Morgan fingerprint density at radius 1 is 1.25 bits per heavy atom. The highest BCUT2D eigenvalue weighted by Gasteiger charge is 2.12. The van der Waals surface area contributed by atoms with Gasteiger partial charge in [0.1, 0.15) is 5.82 Å². The molecule has 0 heterocycles. The van der Waals surface area contributed by atoms with E-state index in [0.717, 1.165) is 10.0 Å². The van der Waals surface area contributed by atoms with E-state index < -0.39 is 11.7 Å².